The van der Waals surface area contributed by atoms with Crippen LogP contribution in [0, 0.1) is 0 Å². The molecule has 6 rings (SSSR count). The van der Waals surface area contributed by atoms with Gasteiger partial charge < -0.3 is 10.1 Å². The van der Waals surface area contributed by atoms with Crippen LogP contribution in [0.25, 0.3) is 21.9 Å². The van der Waals surface area contributed by atoms with E-state index < -0.39 is 34.4 Å². The minimum absolute atomic E-state index is 0.0493. The monoisotopic (exact) mass is 580 g/mol. The molecule has 2 amide bonds. The molecule has 10 nitrogen and oxygen atoms in total. The third-order valence-corrected chi connectivity index (χ3v) is 7.54. The molecule has 0 atom stereocenters. The highest BCUT2D eigenvalue weighted by Crippen LogP contribution is 2.60. The number of ether oxygens (including phenoxy) is 1. The zero-order chi connectivity index (χ0) is 30.2. The van der Waals surface area contributed by atoms with Gasteiger partial charge in [-0.2, -0.15) is 23.4 Å². The molecule has 0 bridgehead atoms. The average molecular weight is 581 g/mol. The number of carbonyl (C=O) groups is 2. The maximum atomic E-state index is 13.8. The molecule has 0 unspecified atom stereocenters. The molecule has 2 aromatic carbocycles. The Labute approximate surface area is 237 Å². The Hall–Kier alpha value is -4.68. The average Bonchev–Trinajstić information content (AvgIpc) is 3.58. The molecule has 3 heterocycles. The summed E-state index contributed by atoms with van der Waals surface area (Å²) in [6, 6.07) is 8.37. The SMILES string of the molecule is Cn1ncc(-c2ccc3c(=O)[nH]nc(CNC(=O)OC(C)(C)C)c3c2)c1N1C(=O)C2(CC2)c2ccc(C(F)(F)F)cc21. The molecule has 4 aromatic rings. The van der Waals surface area contributed by atoms with Crippen molar-refractivity contribution in [3.63, 3.8) is 0 Å². The van der Waals surface area contributed by atoms with Gasteiger partial charge in [0.15, 0.2) is 0 Å². The summed E-state index contributed by atoms with van der Waals surface area (Å²) in [4.78, 5) is 39.9. The van der Waals surface area contributed by atoms with E-state index in [0.29, 0.717) is 51.8 Å². The number of H-pyrrole nitrogens is 1. The molecule has 1 fully saturated rings. The summed E-state index contributed by atoms with van der Waals surface area (Å²) in [5, 5.41) is 14.3. The number of aryl methyl sites for hydroxylation is 1. The number of fused-ring (bicyclic) bond motifs is 3. The van der Waals surface area contributed by atoms with Gasteiger partial charge in [-0.3, -0.25) is 19.2 Å². The summed E-state index contributed by atoms with van der Waals surface area (Å²) in [5.41, 5.74) is -0.716. The summed E-state index contributed by atoms with van der Waals surface area (Å²) in [6.45, 7) is 5.15. The predicted octanol–water partition coefficient (Wildman–Crippen LogP) is 5.08. The fraction of sp³-hybridized carbons (Fsp3) is 0.345. The molecular weight excluding hydrogens is 553 g/mol. The summed E-state index contributed by atoms with van der Waals surface area (Å²) >= 11 is 0. The number of nitrogens with one attached hydrogen (secondary N) is 2. The van der Waals surface area contributed by atoms with E-state index in [0.717, 1.165) is 12.1 Å². The van der Waals surface area contributed by atoms with Crippen LogP contribution in [-0.4, -0.2) is 37.6 Å². The van der Waals surface area contributed by atoms with E-state index >= 15 is 0 Å². The zero-order valence-electron chi connectivity index (χ0n) is 23.2. The van der Waals surface area contributed by atoms with Crippen molar-refractivity contribution in [3.05, 3.63) is 69.8 Å². The lowest BCUT2D eigenvalue weighted by Crippen LogP contribution is -2.32. The number of nitrogens with zero attached hydrogens (tertiary/aromatic N) is 4. The van der Waals surface area contributed by atoms with E-state index in [1.165, 1.54) is 21.8 Å². The van der Waals surface area contributed by atoms with Crippen LogP contribution in [0.3, 0.4) is 0 Å². The van der Waals surface area contributed by atoms with Crippen LogP contribution in [0.1, 0.15) is 50.4 Å². The second-order valence-electron chi connectivity index (χ2n) is 11.6. The third-order valence-electron chi connectivity index (χ3n) is 7.54. The number of aromatic amines is 1. The van der Waals surface area contributed by atoms with Crippen molar-refractivity contribution in [2.45, 2.75) is 57.3 Å². The predicted molar refractivity (Wildman–Crippen MR) is 147 cm³/mol. The number of alkyl halides is 3. The van der Waals surface area contributed by atoms with Crippen molar-refractivity contribution in [3.8, 4) is 11.1 Å². The van der Waals surface area contributed by atoms with E-state index in [2.05, 4.69) is 20.6 Å². The van der Waals surface area contributed by atoms with E-state index in [-0.39, 0.29) is 18.1 Å². The van der Waals surface area contributed by atoms with Gasteiger partial charge in [0.2, 0.25) is 5.91 Å². The second kappa shape index (κ2) is 9.16. The molecule has 0 radical (unpaired) electrons. The molecule has 1 spiro atoms. The van der Waals surface area contributed by atoms with Crippen molar-refractivity contribution in [2.24, 2.45) is 7.05 Å². The van der Waals surface area contributed by atoms with Crippen LogP contribution in [-0.2, 0) is 34.7 Å². The van der Waals surface area contributed by atoms with Gasteiger partial charge in [0.25, 0.3) is 5.56 Å². The molecular formula is C29H27F3N6O4. The lowest BCUT2D eigenvalue weighted by molar-refractivity contribution is -0.137. The van der Waals surface area contributed by atoms with Gasteiger partial charge in [0, 0.05) is 18.0 Å². The molecule has 42 heavy (non-hydrogen) atoms. The first-order valence-electron chi connectivity index (χ1n) is 13.3. The molecule has 2 aromatic heterocycles. The smallest absolute Gasteiger partial charge is 0.416 e. The fourth-order valence-corrected chi connectivity index (χ4v) is 5.45. The Balaban J connectivity index is 1.44. The highest BCUT2D eigenvalue weighted by Gasteiger charge is 2.60. The van der Waals surface area contributed by atoms with E-state index in [1.54, 1.807) is 46.0 Å². The molecule has 218 valence electrons. The second-order valence-corrected chi connectivity index (χ2v) is 11.6. The van der Waals surface area contributed by atoms with E-state index in [1.807, 2.05) is 0 Å². The Morgan fingerprint density at radius 3 is 2.50 bits per heavy atom. The van der Waals surface area contributed by atoms with Crippen molar-refractivity contribution >= 4 is 34.3 Å². The van der Waals surface area contributed by atoms with Gasteiger partial charge in [0.05, 0.1) is 40.5 Å². The van der Waals surface area contributed by atoms with Crippen LogP contribution in [0.5, 0.6) is 0 Å². The van der Waals surface area contributed by atoms with Crippen LogP contribution in [0.4, 0.5) is 29.5 Å². The van der Waals surface area contributed by atoms with Gasteiger partial charge in [-0.1, -0.05) is 12.1 Å². The third kappa shape index (κ3) is 4.48. The van der Waals surface area contributed by atoms with Crippen LogP contribution < -0.4 is 15.8 Å². The Morgan fingerprint density at radius 2 is 1.83 bits per heavy atom. The van der Waals surface area contributed by atoms with Gasteiger partial charge >= 0.3 is 12.3 Å². The van der Waals surface area contributed by atoms with Gasteiger partial charge in [-0.25, -0.2) is 9.89 Å². The molecule has 2 N–H and O–H groups in total. The maximum Gasteiger partial charge on any atom is 0.416 e. The first-order valence-corrected chi connectivity index (χ1v) is 13.3. The number of alkyl carbamates (subject to hydrolysis) is 1. The maximum absolute atomic E-state index is 13.8. The van der Waals surface area contributed by atoms with Crippen LogP contribution >= 0.6 is 0 Å². The minimum Gasteiger partial charge on any atom is -0.444 e. The first-order chi connectivity index (χ1) is 19.7. The van der Waals surface area contributed by atoms with Crippen molar-refractivity contribution in [2.75, 3.05) is 4.90 Å². The van der Waals surface area contributed by atoms with Gasteiger partial charge in [0.1, 0.15) is 11.4 Å². The molecule has 13 heteroatoms. The Kier molecular flexibility index (Phi) is 6.00. The van der Waals surface area contributed by atoms with E-state index in [9.17, 15) is 27.6 Å². The lowest BCUT2D eigenvalue weighted by Gasteiger charge is -2.21. The summed E-state index contributed by atoms with van der Waals surface area (Å²) in [7, 11) is 1.61. The van der Waals surface area contributed by atoms with Crippen molar-refractivity contribution < 1.29 is 27.5 Å². The number of amides is 2. The standard InChI is InChI=1S/C29H27F3N6O4/c1-27(2,3)42-26(41)33-14-21-18-11-15(5-7-17(18)23(39)36-35-21)19-13-34-37(4)24(19)38-22-12-16(29(30,31)32)6-8-20(22)28(9-10-28)25(38)40/h5-8,11-13H,9-10,14H2,1-4H3,(H,33,41)(H,36,39). The number of carbonyl (C=O) groups excluding carboxylic acids is 2. The highest BCUT2D eigenvalue weighted by atomic mass is 19.4. The van der Waals surface area contributed by atoms with Gasteiger partial charge in [-0.05, 0) is 69.0 Å². The largest absolute Gasteiger partial charge is 0.444 e. The molecule has 1 aliphatic carbocycles. The normalized spacial score (nSPS) is 15.8. The lowest BCUT2D eigenvalue weighted by atomic mass is 9.97. The zero-order valence-corrected chi connectivity index (χ0v) is 23.2. The number of benzene rings is 2. The number of hydrogen-bond donors (Lipinski definition) is 2. The Morgan fingerprint density at radius 1 is 1.10 bits per heavy atom. The first kappa shape index (κ1) is 27.5. The summed E-state index contributed by atoms with van der Waals surface area (Å²) in [5.74, 6) is -0.00208. The number of halogens is 3. The molecule has 1 saturated carbocycles. The summed E-state index contributed by atoms with van der Waals surface area (Å²) < 4.78 is 47.8. The number of rotatable bonds is 4. The van der Waals surface area contributed by atoms with Crippen molar-refractivity contribution in [1.82, 2.24) is 25.3 Å². The summed E-state index contributed by atoms with van der Waals surface area (Å²) in [6.07, 6.45) is -2.62. The van der Waals surface area contributed by atoms with Crippen molar-refractivity contribution in [1.29, 1.82) is 0 Å². The molecule has 1 aliphatic heterocycles. The van der Waals surface area contributed by atoms with Crippen LogP contribution in [0.15, 0.2) is 47.4 Å². The minimum atomic E-state index is -4.58. The van der Waals surface area contributed by atoms with Crippen LogP contribution in [0.2, 0.25) is 0 Å². The number of aromatic nitrogens is 4. The fourth-order valence-electron chi connectivity index (χ4n) is 5.45. The quantitative estimate of drug-likeness (QED) is 0.347. The highest BCUT2D eigenvalue weighted by molar-refractivity contribution is 6.16. The number of anilines is 2. The molecule has 2 aliphatic rings. The molecule has 0 saturated heterocycles. The van der Waals surface area contributed by atoms with E-state index in [4.69, 9.17) is 4.74 Å². The Bertz CT molecular complexity index is 1830. The number of hydrogen-bond acceptors (Lipinski definition) is 6. The topological polar surface area (TPSA) is 122 Å². The van der Waals surface area contributed by atoms with Gasteiger partial charge in [-0.15, -0.1) is 0 Å².